The minimum atomic E-state index is -0.136. The number of hydrogen-bond acceptors (Lipinski definition) is 5. The predicted octanol–water partition coefficient (Wildman–Crippen LogP) is 3.07. The van der Waals surface area contributed by atoms with E-state index in [0.29, 0.717) is 29.8 Å². The molecule has 1 N–H and O–H groups in total. The summed E-state index contributed by atoms with van der Waals surface area (Å²) in [5, 5.41) is 3.39. The van der Waals surface area contributed by atoms with Gasteiger partial charge in [-0.2, -0.15) is 9.36 Å². The van der Waals surface area contributed by atoms with E-state index in [2.05, 4.69) is 14.7 Å². The monoisotopic (exact) mass is 385 g/mol. The Morgan fingerprint density at radius 3 is 2.85 bits per heavy atom. The summed E-state index contributed by atoms with van der Waals surface area (Å²) >= 11 is 1.19. The van der Waals surface area contributed by atoms with Crippen molar-refractivity contribution in [2.75, 3.05) is 31.5 Å². The first kappa shape index (κ1) is 17.9. The van der Waals surface area contributed by atoms with Gasteiger partial charge in [-0.15, -0.1) is 0 Å². The van der Waals surface area contributed by atoms with E-state index in [1.165, 1.54) is 11.5 Å². The van der Waals surface area contributed by atoms with E-state index in [1.54, 1.807) is 0 Å². The molecular formula is C19H23N5O2S. The Labute approximate surface area is 162 Å². The molecule has 8 heteroatoms. The highest BCUT2D eigenvalue weighted by Crippen LogP contribution is 2.23. The second-order valence-electron chi connectivity index (χ2n) is 7.12. The Morgan fingerprint density at radius 2 is 2.07 bits per heavy atom. The minimum absolute atomic E-state index is 0.136. The van der Waals surface area contributed by atoms with Crippen molar-refractivity contribution < 1.29 is 9.59 Å². The molecule has 4 rings (SSSR count). The molecule has 1 aromatic carbocycles. The second-order valence-corrected chi connectivity index (χ2v) is 7.87. The third kappa shape index (κ3) is 4.27. The maximum absolute atomic E-state index is 12.6. The number of amides is 3. The highest BCUT2D eigenvalue weighted by molar-refractivity contribution is 7.10. The van der Waals surface area contributed by atoms with Crippen molar-refractivity contribution in [1.29, 1.82) is 0 Å². The highest BCUT2D eigenvalue weighted by Gasteiger charge is 2.28. The predicted molar refractivity (Wildman–Crippen MR) is 104 cm³/mol. The molecule has 27 heavy (non-hydrogen) atoms. The molecule has 0 bridgehead atoms. The molecule has 2 aromatic rings. The number of rotatable bonds is 4. The number of nitrogens with one attached hydrogen (secondary N) is 1. The molecule has 1 unspecified atom stereocenters. The number of nitrogens with zero attached hydrogens (tertiary/aromatic N) is 4. The van der Waals surface area contributed by atoms with Gasteiger partial charge in [0.15, 0.2) is 5.82 Å². The number of benzene rings is 1. The third-order valence-corrected chi connectivity index (χ3v) is 5.76. The fraction of sp³-hybridized carbons (Fsp3) is 0.474. The van der Waals surface area contributed by atoms with Gasteiger partial charge in [0, 0.05) is 49.7 Å². The zero-order chi connectivity index (χ0) is 18.6. The fourth-order valence-electron chi connectivity index (χ4n) is 3.76. The smallest absolute Gasteiger partial charge is 0.323 e. The lowest BCUT2D eigenvalue weighted by atomic mass is 9.98. The van der Waals surface area contributed by atoms with E-state index in [4.69, 9.17) is 0 Å². The van der Waals surface area contributed by atoms with E-state index < -0.39 is 0 Å². The Kier molecular flexibility index (Phi) is 5.33. The van der Waals surface area contributed by atoms with E-state index in [0.717, 1.165) is 44.5 Å². The van der Waals surface area contributed by atoms with Crippen LogP contribution in [-0.2, 0) is 4.79 Å². The average molecular weight is 385 g/mol. The van der Waals surface area contributed by atoms with Crippen LogP contribution in [-0.4, -0.2) is 57.3 Å². The van der Waals surface area contributed by atoms with Gasteiger partial charge in [-0.3, -0.25) is 10.1 Å². The van der Waals surface area contributed by atoms with Crippen LogP contribution in [0.4, 0.5) is 9.93 Å². The Hall–Kier alpha value is -2.48. The molecule has 1 atom stereocenters. The number of likely N-dealkylation sites (tertiary alicyclic amines) is 2. The number of hydrogen-bond donors (Lipinski definition) is 1. The molecule has 2 fully saturated rings. The lowest BCUT2D eigenvalue weighted by Gasteiger charge is -2.34. The minimum Gasteiger partial charge on any atom is -0.342 e. The summed E-state index contributed by atoms with van der Waals surface area (Å²) in [6.07, 6.45) is 3.64. The van der Waals surface area contributed by atoms with Crippen LogP contribution >= 0.6 is 11.5 Å². The van der Waals surface area contributed by atoms with Gasteiger partial charge in [-0.25, -0.2) is 4.79 Å². The zero-order valence-electron chi connectivity index (χ0n) is 15.1. The number of carbonyl (C=O) groups excluding carboxylic acids is 2. The molecular weight excluding hydrogens is 362 g/mol. The van der Waals surface area contributed by atoms with E-state index >= 15 is 0 Å². The summed E-state index contributed by atoms with van der Waals surface area (Å²) in [7, 11) is 0. The second kappa shape index (κ2) is 8.04. The van der Waals surface area contributed by atoms with Gasteiger partial charge in [0.1, 0.15) is 0 Å². The van der Waals surface area contributed by atoms with Gasteiger partial charge in [0.05, 0.1) is 0 Å². The standard InChI is InChI=1S/C19H23N5O2S/c25-16-9-5-10-23(16)12-14-6-4-11-24(13-14)19(26)21-18-20-17(22-27-18)15-7-2-1-3-8-15/h1-3,7-8,14H,4-6,9-13H2,(H,20,21,22,26). The molecule has 3 heterocycles. The van der Waals surface area contributed by atoms with Crippen LogP contribution in [0.5, 0.6) is 0 Å². The van der Waals surface area contributed by atoms with Crippen molar-refractivity contribution >= 4 is 28.6 Å². The molecule has 0 spiro atoms. The van der Waals surface area contributed by atoms with Crippen LogP contribution in [0.25, 0.3) is 11.4 Å². The van der Waals surface area contributed by atoms with Gasteiger partial charge in [-0.1, -0.05) is 30.3 Å². The van der Waals surface area contributed by atoms with Crippen LogP contribution in [0.1, 0.15) is 25.7 Å². The molecule has 7 nitrogen and oxygen atoms in total. The quantitative estimate of drug-likeness (QED) is 0.877. The molecule has 2 aliphatic heterocycles. The topological polar surface area (TPSA) is 78.4 Å². The third-order valence-electron chi connectivity index (χ3n) is 5.13. The fourth-order valence-corrected chi connectivity index (χ4v) is 4.34. The van der Waals surface area contributed by atoms with Crippen molar-refractivity contribution in [3.63, 3.8) is 0 Å². The maximum atomic E-state index is 12.6. The van der Waals surface area contributed by atoms with Crippen LogP contribution in [0, 0.1) is 5.92 Å². The SMILES string of the molecule is O=C1CCCN1CC1CCCN(C(=O)Nc2nc(-c3ccccc3)ns2)C1. The first-order chi connectivity index (χ1) is 13.2. The summed E-state index contributed by atoms with van der Waals surface area (Å²) < 4.78 is 4.33. The molecule has 142 valence electrons. The first-order valence-electron chi connectivity index (χ1n) is 9.42. The average Bonchev–Trinajstić information content (AvgIpc) is 3.32. The van der Waals surface area contributed by atoms with Crippen LogP contribution in [0.3, 0.4) is 0 Å². The lowest BCUT2D eigenvalue weighted by molar-refractivity contribution is -0.128. The van der Waals surface area contributed by atoms with Crippen molar-refractivity contribution in [2.45, 2.75) is 25.7 Å². The molecule has 3 amide bonds. The number of carbonyl (C=O) groups is 2. The first-order valence-corrected chi connectivity index (χ1v) is 10.2. The van der Waals surface area contributed by atoms with Gasteiger partial charge in [-0.05, 0) is 25.2 Å². The van der Waals surface area contributed by atoms with Gasteiger partial charge >= 0.3 is 6.03 Å². The normalized spacial score (nSPS) is 20.1. The van der Waals surface area contributed by atoms with Crippen LogP contribution in [0.15, 0.2) is 30.3 Å². The molecule has 2 saturated heterocycles. The lowest BCUT2D eigenvalue weighted by Crippen LogP contribution is -2.45. The van der Waals surface area contributed by atoms with Crippen molar-refractivity contribution in [2.24, 2.45) is 5.92 Å². The van der Waals surface area contributed by atoms with Crippen LogP contribution in [0.2, 0.25) is 0 Å². The van der Waals surface area contributed by atoms with Gasteiger partial charge in [0.25, 0.3) is 0 Å². The number of anilines is 1. The van der Waals surface area contributed by atoms with Crippen molar-refractivity contribution in [3.05, 3.63) is 30.3 Å². The Morgan fingerprint density at radius 1 is 1.22 bits per heavy atom. The summed E-state index contributed by atoms with van der Waals surface area (Å²) in [5.74, 6) is 1.22. The van der Waals surface area contributed by atoms with E-state index in [9.17, 15) is 9.59 Å². The van der Waals surface area contributed by atoms with E-state index in [1.807, 2.05) is 40.1 Å². The van der Waals surface area contributed by atoms with Crippen molar-refractivity contribution in [3.8, 4) is 11.4 Å². The molecule has 0 aliphatic carbocycles. The summed E-state index contributed by atoms with van der Waals surface area (Å²) in [4.78, 5) is 32.7. The summed E-state index contributed by atoms with van der Waals surface area (Å²) in [5.41, 5.74) is 0.933. The summed E-state index contributed by atoms with van der Waals surface area (Å²) in [6.45, 7) is 3.04. The maximum Gasteiger partial charge on any atom is 0.323 e. The van der Waals surface area contributed by atoms with Crippen molar-refractivity contribution in [1.82, 2.24) is 19.2 Å². The molecule has 0 saturated carbocycles. The zero-order valence-corrected chi connectivity index (χ0v) is 16.0. The number of urea groups is 1. The molecule has 2 aliphatic rings. The van der Waals surface area contributed by atoms with Crippen LogP contribution < -0.4 is 5.32 Å². The Bertz CT molecular complexity index is 809. The molecule has 0 radical (unpaired) electrons. The number of aromatic nitrogens is 2. The van der Waals surface area contributed by atoms with Gasteiger partial charge < -0.3 is 9.80 Å². The Balaban J connectivity index is 1.34. The largest absolute Gasteiger partial charge is 0.342 e. The highest BCUT2D eigenvalue weighted by atomic mass is 32.1. The number of piperidine rings is 1. The van der Waals surface area contributed by atoms with E-state index in [-0.39, 0.29) is 11.9 Å². The molecule has 1 aromatic heterocycles. The summed E-state index contributed by atoms with van der Waals surface area (Å²) in [6, 6.07) is 9.58. The van der Waals surface area contributed by atoms with Gasteiger partial charge in [0.2, 0.25) is 11.0 Å².